The zero-order valence-electron chi connectivity index (χ0n) is 12.2. The van der Waals surface area contributed by atoms with Crippen LogP contribution in [0.4, 0.5) is 5.82 Å². The third-order valence-corrected chi connectivity index (χ3v) is 4.05. The van der Waals surface area contributed by atoms with Crippen molar-refractivity contribution in [2.75, 3.05) is 19.0 Å². The standard InChI is InChI=1S/C15H20N4O2/c1-21-12(20)10-17-14-13(11-6-3-2-4-7-11)18-15-16-8-5-9-19(14)15/h5,8-9,11,17H,2-4,6-7,10H2,1H3. The number of methoxy groups -OCH3 is 1. The summed E-state index contributed by atoms with van der Waals surface area (Å²) in [7, 11) is 1.39. The van der Waals surface area contributed by atoms with Crippen molar-refractivity contribution in [3.05, 3.63) is 24.2 Å². The molecule has 6 heteroatoms. The number of anilines is 1. The summed E-state index contributed by atoms with van der Waals surface area (Å²) in [5, 5.41) is 3.17. The maximum absolute atomic E-state index is 11.4. The molecule has 0 aromatic carbocycles. The van der Waals surface area contributed by atoms with E-state index in [2.05, 4.69) is 15.3 Å². The van der Waals surface area contributed by atoms with Crippen molar-refractivity contribution in [2.45, 2.75) is 38.0 Å². The number of nitrogens with zero attached hydrogens (tertiary/aromatic N) is 3. The van der Waals surface area contributed by atoms with Crippen molar-refractivity contribution in [3.8, 4) is 0 Å². The van der Waals surface area contributed by atoms with Crippen LogP contribution < -0.4 is 5.32 Å². The zero-order chi connectivity index (χ0) is 14.7. The van der Waals surface area contributed by atoms with Crippen molar-refractivity contribution in [1.29, 1.82) is 0 Å². The van der Waals surface area contributed by atoms with E-state index in [0.29, 0.717) is 11.7 Å². The van der Waals surface area contributed by atoms with E-state index in [9.17, 15) is 4.79 Å². The molecule has 0 bridgehead atoms. The van der Waals surface area contributed by atoms with E-state index in [0.717, 1.165) is 24.4 Å². The van der Waals surface area contributed by atoms with Gasteiger partial charge in [0, 0.05) is 18.3 Å². The van der Waals surface area contributed by atoms with Gasteiger partial charge in [0.05, 0.1) is 12.8 Å². The molecule has 2 aromatic heterocycles. The molecule has 1 aliphatic carbocycles. The minimum absolute atomic E-state index is 0.138. The number of carbonyl (C=O) groups is 1. The Bertz CT molecular complexity index is 632. The SMILES string of the molecule is COC(=O)CNc1c(C2CCCCC2)nc2ncccn12. The zero-order valence-corrected chi connectivity index (χ0v) is 12.2. The number of esters is 1. The molecule has 0 atom stereocenters. The van der Waals surface area contributed by atoms with Crippen LogP contribution in [-0.2, 0) is 9.53 Å². The van der Waals surface area contributed by atoms with Gasteiger partial charge in [0.25, 0.3) is 0 Å². The van der Waals surface area contributed by atoms with Crippen molar-refractivity contribution < 1.29 is 9.53 Å². The lowest BCUT2D eigenvalue weighted by molar-refractivity contribution is -0.138. The molecule has 0 radical (unpaired) electrons. The largest absolute Gasteiger partial charge is 0.468 e. The Kier molecular flexibility index (Phi) is 4.03. The summed E-state index contributed by atoms with van der Waals surface area (Å²) in [4.78, 5) is 20.4. The van der Waals surface area contributed by atoms with Crippen LogP contribution in [-0.4, -0.2) is 34.0 Å². The van der Waals surface area contributed by atoms with Gasteiger partial charge in [0.1, 0.15) is 12.4 Å². The summed E-state index contributed by atoms with van der Waals surface area (Å²) >= 11 is 0. The second-order valence-electron chi connectivity index (χ2n) is 5.40. The second-order valence-corrected chi connectivity index (χ2v) is 5.40. The molecule has 0 saturated heterocycles. The highest BCUT2D eigenvalue weighted by Crippen LogP contribution is 2.36. The first-order valence-corrected chi connectivity index (χ1v) is 7.43. The fraction of sp³-hybridized carbons (Fsp3) is 0.533. The molecule has 1 fully saturated rings. The van der Waals surface area contributed by atoms with Gasteiger partial charge >= 0.3 is 5.97 Å². The summed E-state index contributed by atoms with van der Waals surface area (Å²) < 4.78 is 6.61. The lowest BCUT2D eigenvalue weighted by Gasteiger charge is -2.21. The molecule has 1 aliphatic rings. The summed E-state index contributed by atoms with van der Waals surface area (Å²) in [6.07, 6.45) is 9.73. The molecule has 0 amide bonds. The molecular weight excluding hydrogens is 268 g/mol. The lowest BCUT2D eigenvalue weighted by Crippen LogP contribution is -2.18. The minimum Gasteiger partial charge on any atom is -0.468 e. The topological polar surface area (TPSA) is 68.5 Å². The van der Waals surface area contributed by atoms with Crippen LogP contribution in [0.1, 0.15) is 43.7 Å². The van der Waals surface area contributed by atoms with E-state index in [1.807, 2.05) is 16.7 Å². The molecule has 1 N–H and O–H groups in total. The van der Waals surface area contributed by atoms with Crippen molar-refractivity contribution in [2.24, 2.45) is 0 Å². The Hall–Kier alpha value is -2.11. The Labute approximate surface area is 123 Å². The first-order valence-electron chi connectivity index (χ1n) is 7.43. The molecule has 112 valence electrons. The molecule has 0 spiro atoms. The van der Waals surface area contributed by atoms with Gasteiger partial charge in [-0.25, -0.2) is 9.97 Å². The van der Waals surface area contributed by atoms with Crippen LogP contribution >= 0.6 is 0 Å². The number of hydrogen-bond acceptors (Lipinski definition) is 5. The number of rotatable bonds is 4. The number of aromatic nitrogens is 3. The number of nitrogens with one attached hydrogen (secondary N) is 1. The highest BCUT2D eigenvalue weighted by molar-refractivity contribution is 5.75. The van der Waals surface area contributed by atoms with Gasteiger partial charge in [-0.3, -0.25) is 9.20 Å². The van der Waals surface area contributed by atoms with Gasteiger partial charge < -0.3 is 10.1 Å². The van der Waals surface area contributed by atoms with Crippen LogP contribution in [0.2, 0.25) is 0 Å². The van der Waals surface area contributed by atoms with Gasteiger partial charge in [0.15, 0.2) is 0 Å². The Morgan fingerprint density at radius 1 is 1.43 bits per heavy atom. The van der Waals surface area contributed by atoms with E-state index < -0.39 is 0 Å². The number of hydrogen-bond donors (Lipinski definition) is 1. The molecule has 21 heavy (non-hydrogen) atoms. The van der Waals surface area contributed by atoms with E-state index in [1.165, 1.54) is 26.4 Å². The van der Waals surface area contributed by atoms with Gasteiger partial charge in [0.2, 0.25) is 5.78 Å². The summed E-state index contributed by atoms with van der Waals surface area (Å²) in [5.41, 5.74) is 1.03. The molecule has 6 nitrogen and oxygen atoms in total. The Morgan fingerprint density at radius 2 is 2.24 bits per heavy atom. The molecule has 0 aliphatic heterocycles. The number of imidazole rings is 1. The molecule has 0 unspecified atom stereocenters. The molecule has 3 rings (SSSR count). The van der Waals surface area contributed by atoms with Crippen LogP contribution in [0.15, 0.2) is 18.5 Å². The van der Waals surface area contributed by atoms with Crippen LogP contribution in [0.5, 0.6) is 0 Å². The maximum atomic E-state index is 11.4. The Morgan fingerprint density at radius 3 is 3.00 bits per heavy atom. The summed E-state index contributed by atoms with van der Waals surface area (Å²) in [6.45, 7) is 0.138. The predicted octanol–water partition coefficient (Wildman–Crippen LogP) is 2.36. The second kappa shape index (κ2) is 6.11. The highest BCUT2D eigenvalue weighted by atomic mass is 16.5. The number of ether oxygens (including phenoxy) is 1. The molecule has 2 aromatic rings. The third-order valence-electron chi connectivity index (χ3n) is 4.05. The smallest absolute Gasteiger partial charge is 0.325 e. The van der Waals surface area contributed by atoms with E-state index in [4.69, 9.17) is 4.74 Å². The molecule has 1 saturated carbocycles. The lowest BCUT2D eigenvalue weighted by atomic mass is 9.87. The van der Waals surface area contributed by atoms with Gasteiger partial charge in [-0.05, 0) is 18.9 Å². The van der Waals surface area contributed by atoms with E-state index >= 15 is 0 Å². The fourth-order valence-corrected chi connectivity index (χ4v) is 2.97. The van der Waals surface area contributed by atoms with Gasteiger partial charge in [-0.1, -0.05) is 19.3 Å². The molecule has 2 heterocycles. The van der Waals surface area contributed by atoms with Crippen molar-refractivity contribution in [3.63, 3.8) is 0 Å². The monoisotopic (exact) mass is 288 g/mol. The normalized spacial score (nSPS) is 16.0. The minimum atomic E-state index is -0.288. The molecular formula is C15H20N4O2. The maximum Gasteiger partial charge on any atom is 0.325 e. The van der Waals surface area contributed by atoms with Gasteiger partial charge in [-0.15, -0.1) is 0 Å². The van der Waals surface area contributed by atoms with Crippen molar-refractivity contribution in [1.82, 2.24) is 14.4 Å². The van der Waals surface area contributed by atoms with E-state index in [1.54, 1.807) is 6.20 Å². The third kappa shape index (κ3) is 2.84. The fourth-order valence-electron chi connectivity index (χ4n) is 2.97. The Balaban J connectivity index is 1.94. The first-order chi connectivity index (χ1) is 10.3. The number of carbonyl (C=O) groups excluding carboxylic acids is 1. The first kappa shape index (κ1) is 13.9. The average molecular weight is 288 g/mol. The van der Waals surface area contributed by atoms with Crippen LogP contribution in [0.25, 0.3) is 5.78 Å². The van der Waals surface area contributed by atoms with Gasteiger partial charge in [-0.2, -0.15) is 0 Å². The van der Waals surface area contributed by atoms with Crippen molar-refractivity contribution >= 4 is 17.6 Å². The highest BCUT2D eigenvalue weighted by Gasteiger charge is 2.23. The van der Waals surface area contributed by atoms with Crippen LogP contribution in [0, 0.1) is 0 Å². The summed E-state index contributed by atoms with van der Waals surface area (Å²) in [5.74, 6) is 1.70. The predicted molar refractivity (Wildman–Crippen MR) is 79.3 cm³/mol. The summed E-state index contributed by atoms with van der Waals surface area (Å²) in [6, 6.07) is 1.86. The van der Waals surface area contributed by atoms with E-state index in [-0.39, 0.29) is 12.5 Å². The number of fused-ring (bicyclic) bond motifs is 1. The quantitative estimate of drug-likeness (QED) is 0.875. The average Bonchev–Trinajstić information content (AvgIpc) is 2.92. The van der Waals surface area contributed by atoms with Crippen LogP contribution in [0.3, 0.4) is 0 Å².